The molecule has 2 aromatic heterocycles. The van der Waals surface area contributed by atoms with E-state index in [1.807, 2.05) is 26.8 Å². The number of nitrogens with zero attached hydrogens (tertiary/aromatic N) is 4. The molecule has 0 aliphatic heterocycles. The molecule has 20 heavy (non-hydrogen) atoms. The monoisotopic (exact) mass is 277 g/mol. The fourth-order valence-electron chi connectivity index (χ4n) is 1.69. The fourth-order valence-corrected chi connectivity index (χ4v) is 1.69. The van der Waals surface area contributed by atoms with Crippen molar-refractivity contribution in [2.24, 2.45) is 5.73 Å². The molecule has 0 saturated carbocycles. The number of hydrogen-bond donors (Lipinski definition) is 1. The van der Waals surface area contributed by atoms with E-state index in [9.17, 15) is 0 Å². The lowest BCUT2D eigenvalue weighted by Crippen LogP contribution is -2.18. The second kappa shape index (κ2) is 6.53. The van der Waals surface area contributed by atoms with Crippen LogP contribution in [0.4, 0.5) is 0 Å². The molecule has 7 nitrogen and oxygen atoms in total. The molecule has 0 aromatic carbocycles. The van der Waals surface area contributed by atoms with E-state index < -0.39 is 6.04 Å². The van der Waals surface area contributed by atoms with Gasteiger partial charge in [0, 0.05) is 6.61 Å². The number of rotatable bonds is 6. The van der Waals surface area contributed by atoms with Crippen LogP contribution < -0.4 is 5.73 Å². The molecule has 0 aliphatic carbocycles. The Morgan fingerprint density at radius 2 is 2.15 bits per heavy atom. The second-order valence-corrected chi connectivity index (χ2v) is 4.62. The second-order valence-electron chi connectivity index (χ2n) is 4.62. The van der Waals surface area contributed by atoms with Crippen molar-refractivity contribution in [3.63, 3.8) is 0 Å². The number of ether oxygens (including phenoxy) is 1. The normalized spacial score (nSPS) is 12.6. The maximum atomic E-state index is 5.96. The third kappa shape index (κ3) is 3.37. The summed E-state index contributed by atoms with van der Waals surface area (Å²) in [7, 11) is 0. The Morgan fingerprint density at radius 1 is 1.35 bits per heavy atom. The van der Waals surface area contributed by atoms with Crippen LogP contribution in [0.15, 0.2) is 10.6 Å². The van der Waals surface area contributed by atoms with Crippen LogP contribution in [0.1, 0.15) is 36.6 Å². The van der Waals surface area contributed by atoms with Gasteiger partial charge in [-0.05, 0) is 26.3 Å². The summed E-state index contributed by atoms with van der Waals surface area (Å²) in [5, 5.41) is 11.9. The zero-order valence-corrected chi connectivity index (χ0v) is 12.0. The van der Waals surface area contributed by atoms with Gasteiger partial charge in [-0.15, -0.1) is 0 Å². The number of hydrogen-bond acceptors (Lipinski definition) is 7. The molecule has 0 aliphatic rings. The third-order valence-electron chi connectivity index (χ3n) is 2.75. The van der Waals surface area contributed by atoms with Crippen molar-refractivity contribution in [2.75, 3.05) is 13.2 Å². The minimum absolute atomic E-state index is 0.374. The molecular weight excluding hydrogens is 258 g/mol. The van der Waals surface area contributed by atoms with Crippen LogP contribution in [-0.2, 0) is 4.74 Å². The predicted molar refractivity (Wildman–Crippen MR) is 72.8 cm³/mol. The molecule has 7 heteroatoms. The standard InChI is InChI=1S/C13H19N5O2/c1-4-5-19-7-11(14)12-15-13(20-18-12)10-6-8(2)16-17-9(10)3/h6,11H,4-5,7,14H2,1-3H3. The molecule has 1 atom stereocenters. The minimum Gasteiger partial charge on any atom is -0.379 e. The average Bonchev–Trinajstić information content (AvgIpc) is 2.91. The average molecular weight is 277 g/mol. The van der Waals surface area contributed by atoms with Crippen molar-refractivity contribution in [3.8, 4) is 11.5 Å². The molecule has 2 aromatic rings. The first kappa shape index (κ1) is 14.5. The molecule has 0 bridgehead atoms. The Bertz CT molecular complexity index is 570. The van der Waals surface area contributed by atoms with E-state index in [1.54, 1.807) is 0 Å². The van der Waals surface area contributed by atoms with E-state index in [4.69, 9.17) is 15.0 Å². The van der Waals surface area contributed by atoms with Gasteiger partial charge in [-0.1, -0.05) is 12.1 Å². The lowest BCUT2D eigenvalue weighted by atomic mass is 10.2. The van der Waals surface area contributed by atoms with Crippen molar-refractivity contribution in [1.82, 2.24) is 20.3 Å². The lowest BCUT2D eigenvalue weighted by molar-refractivity contribution is 0.119. The highest BCUT2D eigenvalue weighted by molar-refractivity contribution is 5.55. The molecule has 0 saturated heterocycles. The zero-order chi connectivity index (χ0) is 14.5. The van der Waals surface area contributed by atoms with Gasteiger partial charge in [0.1, 0.15) is 0 Å². The van der Waals surface area contributed by atoms with E-state index in [0.29, 0.717) is 24.9 Å². The number of aromatic nitrogens is 4. The lowest BCUT2D eigenvalue weighted by Gasteiger charge is -2.06. The quantitative estimate of drug-likeness (QED) is 0.800. The zero-order valence-electron chi connectivity index (χ0n) is 12.0. The molecule has 0 radical (unpaired) electrons. The van der Waals surface area contributed by atoms with E-state index in [0.717, 1.165) is 23.4 Å². The van der Waals surface area contributed by atoms with Crippen LogP contribution in [0, 0.1) is 13.8 Å². The van der Waals surface area contributed by atoms with Crippen molar-refractivity contribution >= 4 is 0 Å². The summed E-state index contributed by atoms with van der Waals surface area (Å²) in [6, 6.07) is 1.47. The first-order valence-corrected chi connectivity index (χ1v) is 6.60. The molecule has 1 unspecified atom stereocenters. The maximum Gasteiger partial charge on any atom is 0.259 e. The van der Waals surface area contributed by atoms with Crippen LogP contribution in [0.3, 0.4) is 0 Å². The first-order chi connectivity index (χ1) is 9.61. The summed E-state index contributed by atoms with van der Waals surface area (Å²) >= 11 is 0. The summed E-state index contributed by atoms with van der Waals surface area (Å²) in [6.07, 6.45) is 0.950. The molecule has 2 rings (SSSR count). The van der Waals surface area contributed by atoms with E-state index in [2.05, 4.69) is 20.3 Å². The predicted octanol–water partition coefficient (Wildman–Crippen LogP) is 1.57. The maximum absolute atomic E-state index is 5.96. The van der Waals surface area contributed by atoms with Crippen molar-refractivity contribution in [1.29, 1.82) is 0 Å². The Hall–Kier alpha value is -1.86. The molecule has 0 fully saturated rings. The van der Waals surface area contributed by atoms with E-state index >= 15 is 0 Å². The summed E-state index contributed by atoms with van der Waals surface area (Å²) in [4.78, 5) is 4.31. The van der Waals surface area contributed by atoms with Gasteiger partial charge >= 0.3 is 0 Å². The van der Waals surface area contributed by atoms with Crippen molar-refractivity contribution in [3.05, 3.63) is 23.3 Å². The fraction of sp³-hybridized carbons (Fsp3) is 0.538. The van der Waals surface area contributed by atoms with Crippen LogP contribution in [0.2, 0.25) is 0 Å². The Kier molecular flexibility index (Phi) is 4.75. The van der Waals surface area contributed by atoms with Gasteiger partial charge in [0.05, 0.1) is 29.6 Å². The summed E-state index contributed by atoms with van der Waals surface area (Å²) in [6.45, 7) is 6.79. The topological polar surface area (TPSA) is 100.0 Å². The molecule has 2 heterocycles. The Labute approximate surface area is 117 Å². The van der Waals surface area contributed by atoms with Gasteiger partial charge in [0.25, 0.3) is 5.89 Å². The van der Waals surface area contributed by atoms with Gasteiger partial charge in [-0.25, -0.2) is 0 Å². The Morgan fingerprint density at radius 3 is 2.90 bits per heavy atom. The van der Waals surface area contributed by atoms with Crippen LogP contribution in [0.25, 0.3) is 11.5 Å². The smallest absolute Gasteiger partial charge is 0.259 e. The highest BCUT2D eigenvalue weighted by Gasteiger charge is 2.17. The van der Waals surface area contributed by atoms with Crippen LogP contribution in [0.5, 0.6) is 0 Å². The molecule has 0 amide bonds. The van der Waals surface area contributed by atoms with E-state index in [1.165, 1.54) is 0 Å². The molecule has 2 N–H and O–H groups in total. The minimum atomic E-state index is -0.393. The first-order valence-electron chi connectivity index (χ1n) is 6.60. The molecular formula is C13H19N5O2. The van der Waals surface area contributed by atoms with Gasteiger partial charge in [-0.3, -0.25) is 0 Å². The Balaban J connectivity index is 2.14. The number of nitrogens with two attached hydrogens (primary N) is 1. The highest BCUT2D eigenvalue weighted by Crippen LogP contribution is 2.21. The number of aryl methyl sites for hydroxylation is 2. The van der Waals surface area contributed by atoms with Gasteiger partial charge in [-0.2, -0.15) is 15.2 Å². The SMILES string of the molecule is CCCOCC(N)c1noc(-c2cc(C)nnc2C)n1. The summed E-state index contributed by atoms with van der Waals surface area (Å²) < 4.78 is 10.6. The highest BCUT2D eigenvalue weighted by atomic mass is 16.5. The molecule has 108 valence electrons. The van der Waals surface area contributed by atoms with Crippen LogP contribution in [-0.4, -0.2) is 33.6 Å². The van der Waals surface area contributed by atoms with Crippen molar-refractivity contribution < 1.29 is 9.26 Å². The van der Waals surface area contributed by atoms with Crippen molar-refractivity contribution in [2.45, 2.75) is 33.2 Å². The van der Waals surface area contributed by atoms with E-state index in [-0.39, 0.29) is 0 Å². The third-order valence-corrected chi connectivity index (χ3v) is 2.75. The van der Waals surface area contributed by atoms with Gasteiger partial charge in [0.2, 0.25) is 0 Å². The summed E-state index contributed by atoms with van der Waals surface area (Å²) in [5.74, 6) is 0.839. The van der Waals surface area contributed by atoms with Gasteiger partial charge in [0.15, 0.2) is 5.82 Å². The largest absolute Gasteiger partial charge is 0.379 e. The van der Waals surface area contributed by atoms with Gasteiger partial charge < -0.3 is 15.0 Å². The summed E-state index contributed by atoms with van der Waals surface area (Å²) in [5.41, 5.74) is 8.26. The molecule has 0 spiro atoms. The van der Waals surface area contributed by atoms with Crippen LogP contribution >= 0.6 is 0 Å².